The van der Waals surface area contributed by atoms with Crippen LogP contribution in [-0.4, -0.2) is 38.4 Å². The van der Waals surface area contributed by atoms with E-state index in [0.717, 1.165) is 22.5 Å². The van der Waals surface area contributed by atoms with E-state index in [0.29, 0.717) is 10.2 Å². The molecule has 0 fully saturated rings. The first-order valence-corrected chi connectivity index (χ1v) is 10.6. The maximum absolute atomic E-state index is 12.5. The summed E-state index contributed by atoms with van der Waals surface area (Å²) >= 11 is 7.30. The van der Waals surface area contributed by atoms with Crippen LogP contribution in [0.2, 0.25) is 5.02 Å². The molecule has 7 nitrogen and oxygen atoms in total. The molecule has 1 atom stereocenters. The Bertz CT molecular complexity index is 1050. The van der Waals surface area contributed by atoms with E-state index >= 15 is 0 Å². The van der Waals surface area contributed by atoms with Crippen LogP contribution in [0, 0.1) is 13.8 Å². The third kappa shape index (κ3) is 5.40. The Morgan fingerprint density at radius 3 is 2.57 bits per heavy atom. The van der Waals surface area contributed by atoms with E-state index in [1.54, 1.807) is 30.0 Å². The van der Waals surface area contributed by atoms with Gasteiger partial charge in [-0.2, -0.15) is 0 Å². The van der Waals surface area contributed by atoms with Crippen molar-refractivity contribution in [3.05, 3.63) is 64.9 Å². The van der Waals surface area contributed by atoms with Gasteiger partial charge in [0.1, 0.15) is 6.33 Å². The van der Waals surface area contributed by atoms with Crippen LogP contribution in [-0.2, 0) is 9.59 Å². The largest absolute Gasteiger partial charge is 0.346 e. The van der Waals surface area contributed by atoms with Gasteiger partial charge in [0.2, 0.25) is 11.8 Å². The van der Waals surface area contributed by atoms with Gasteiger partial charge in [0.15, 0.2) is 5.16 Å². The molecule has 2 N–H and O–H groups in total. The van der Waals surface area contributed by atoms with Crippen LogP contribution in [0.15, 0.2) is 53.9 Å². The number of nitrogens with zero attached hydrogens (tertiary/aromatic N) is 3. The van der Waals surface area contributed by atoms with E-state index in [4.69, 9.17) is 11.6 Å². The number of nitrogens with one attached hydrogen (secondary N) is 2. The van der Waals surface area contributed by atoms with Crippen LogP contribution >= 0.6 is 23.4 Å². The Labute approximate surface area is 184 Å². The average molecular weight is 444 g/mol. The molecule has 0 aliphatic carbocycles. The highest BCUT2D eigenvalue weighted by Crippen LogP contribution is 2.25. The van der Waals surface area contributed by atoms with Crippen molar-refractivity contribution in [1.29, 1.82) is 0 Å². The number of hydrogen-bond donors (Lipinski definition) is 2. The van der Waals surface area contributed by atoms with E-state index in [1.807, 2.05) is 44.2 Å². The quantitative estimate of drug-likeness (QED) is 0.542. The number of hydrogen-bond acceptors (Lipinski definition) is 5. The number of halogens is 1. The van der Waals surface area contributed by atoms with Crippen molar-refractivity contribution in [1.82, 2.24) is 20.1 Å². The first-order chi connectivity index (χ1) is 14.3. The lowest BCUT2D eigenvalue weighted by Gasteiger charge is -2.14. The predicted molar refractivity (Wildman–Crippen MR) is 119 cm³/mol. The summed E-state index contributed by atoms with van der Waals surface area (Å²) in [5.41, 5.74) is 3.52. The molecule has 2 aromatic carbocycles. The SMILES string of the molecule is Cc1cccc(C)c1NC(=O)CNC(=O)C(C)Sc1nncn1-c1cccc(Cl)c1. The molecule has 1 heterocycles. The van der Waals surface area contributed by atoms with Crippen LogP contribution in [0.4, 0.5) is 5.69 Å². The van der Waals surface area contributed by atoms with Gasteiger partial charge in [0, 0.05) is 10.7 Å². The van der Waals surface area contributed by atoms with E-state index in [9.17, 15) is 9.59 Å². The van der Waals surface area contributed by atoms with Gasteiger partial charge >= 0.3 is 0 Å². The second-order valence-electron chi connectivity index (χ2n) is 6.76. The van der Waals surface area contributed by atoms with Gasteiger partial charge in [-0.05, 0) is 50.1 Å². The molecule has 3 rings (SSSR count). The lowest BCUT2D eigenvalue weighted by Crippen LogP contribution is -2.37. The maximum Gasteiger partial charge on any atom is 0.243 e. The number of rotatable bonds is 7. The first kappa shape index (κ1) is 21.9. The summed E-state index contributed by atoms with van der Waals surface area (Å²) in [4.78, 5) is 24.7. The predicted octanol–water partition coefficient (Wildman–Crippen LogP) is 3.77. The van der Waals surface area contributed by atoms with Crippen molar-refractivity contribution in [2.24, 2.45) is 0 Å². The molecule has 1 aromatic heterocycles. The molecular weight excluding hydrogens is 422 g/mol. The number of thioether (sulfide) groups is 1. The highest BCUT2D eigenvalue weighted by atomic mass is 35.5. The van der Waals surface area contributed by atoms with Gasteiger partial charge in [0.25, 0.3) is 0 Å². The minimum atomic E-state index is -0.472. The number of carbonyl (C=O) groups excluding carboxylic acids is 2. The number of aromatic nitrogens is 3. The fourth-order valence-electron chi connectivity index (χ4n) is 2.83. The Balaban J connectivity index is 1.57. The van der Waals surface area contributed by atoms with E-state index in [2.05, 4.69) is 20.8 Å². The Morgan fingerprint density at radius 1 is 1.17 bits per heavy atom. The Kier molecular flexibility index (Phi) is 7.12. The lowest BCUT2D eigenvalue weighted by atomic mass is 10.1. The molecule has 0 saturated carbocycles. The molecule has 0 aliphatic heterocycles. The zero-order valence-electron chi connectivity index (χ0n) is 16.8. The summed E-state index contributed by atoms with van der Waals surface area (Å²) in [5, 5.41) is 14.2. The van der Waals surface area contributed by atoms with Crippen LogP contribution in [0.25, 0.3) is 5.69 Å². The number of anilines is 1. The molecule has 9 heteroatoms. The Hall–Kier alpha value is -2.84. The molecule has 156 valence electrons. The summed E-state index contributed by atoms with van der Waals surface area (Å²) in [6.45, 7) is 5.49. The summed E-state index contributed by atoms with van der Waals surface area (Å²) in [6.07, 6.45) is 1.57. The van der Waals surface area contributed by atoms with Gasteiger partial charge in [-0.15, -0.1) is 10.2 Å². The van der Waals surface area contributed by atoms with Crippen molar-refractivity contribution in [3.8, 4) is 5.69 Å². The smallest absolute Gasteiger partial charge is 0.243 e. The van der Waals surface area contributed by atoms with Crippen molar-refractivity contribution in [3.63, 3.8) is 0 Å². The fourth-order valence-corrected chi connectivity index (χ4v) is 3.88. The number of aryl methyl sites for hydroxylation is 2. The highest BCUT2D eigenvalue weighted by Gasteiger charge is 2.19. The zero-order chi connectivity index (χ0) is 21.7. The van der Waals surface area contributed by atoms with Crippen LogP contribution < -0.4 is 10.6 Å². The number of para-hydroxylation sites is 1. The van der Waals surface area contributed by atoms with Crippen molar-refractivity contribution in [2.45, 2.75) is 31.2 Å². The number of benzene rings is 2. The van der Waals surface area contributed by atoms with Crippen LogP contribution in [0.1, 0.15) is 18.1 Å². The third-order valence-electron chi connectivity index (χ3n) is 4.42. The van der Waals surface area contributed by atoms with E-state index in [1.165, 1.54) is 11.8 Å². The number of amides is 2. The molecule has 30 heavy (non-hydrogen) atoms. The number of carbonyl (C=O) groups is 2. The average Bonchev–Trinajstić information content (AvgIpc) is 3.17. The fraction of sp³-hybridized carbons (Fsp3) is 0.238. The van der Waals surface area contributed by atoms with Crippen LogP contribution in [0.5, 0.6) is 0 Å². The standard InChI is InChI=1S/C21H22ClN5O2S/c1-13-6-4-7-14(2)19(13)25-18(28)11-23-20(29)15(3)30-21-26-24-12-27(21)17-9-5-8-16(22)10-17/h4-10,12,15H,11H2,1-3H3,(H,23,29)(H,25,28). The lowest BCUT2D eigenvalue weighted by molar-refractivity contribution is -0.123. The molecule has 0 saturated heterocycles. The summed E-state index contributed by atoms with van der Waals surface area (Å²) in [5.74, 6) is -0.544. The van der Waals surface area contributed by atoms with Crippen molar-refractivity contribution < 1.29 is 9.59 Å². The molecule has 3 aromatic rings. The second kappa shape index (κ2) is 9.77. The van der Waals surface area contributed by atoms with Gasteiger partial charge in [-0.25, -0.2) is 0 Å². The summed E-state index contributed by atoms with van der Waals surface area (Å²) < 4.78 is 1.76. The monoisotopic (exact) mass is 443 g/mol. The topological polar surface area (TPSA) is 88.9 Å². The summed E-state index contributed by atoms with van der Waals surface area (Å²) in [7, 11) is 0. The maximum atomic E-state index is 12.5. The van der Waals surface area contributed by atoms with Crippen molar-refractivity contribution in [2.75, 3.05) is 11.9 Å². The molecule has 0 spiro atoms. The van der Waals surface area contributed by atoms with E-state index in [-0.39, 0.29) is 18.4 Å². The van der Waals surface area contributed by atoms with Gasteiger partial charge in [-0.3, -0.25) is 14.2 Å². The van der Waals surface area contributed by atoms with Gasteiger partial charge < -0.3 is 10.6 Å². The minimum absolute atomic E-state index is 0.113. The minimum Gasteiger partial charge on any atom is -0.346 e. The second-order valence-corrected chi connectivity index (χ2v) is 8.50. The first-order valence-electron chi connectivity index (χ1n) is 9.31. The molecular formula is C21H22ClN5O2S. The van der Waals surface area contributed by atoms with Gasteiger partial charge in [0.05, 0.1) is 17.5 Å². The molecule has 2 amide bonds. The zero-order valence-corrected chi connectivity index (χ0v) is 18.4. The highest BCUT2D eigenvalue weighted by molar-refractivity contribution is 8.00. The molecule has 1 unspecified atom stereocenters. The Morgan fingerprint density at radius 2 is 1.87 bits per heavy atom. The van der Waals surface area contributed by atoms with E-state index < -0.39 is 5.25 Å². The normalized spacial score (nSPS) is 11.7. The third-order valence-corrected chi connectivity index (χ3v) is 5.71. The summed E-state index contributed by atoms with van der Waals surface area (Å²) in [6, 6.07) is 13.1. The molecule has 0 aliphatic rings. The van der Waals surface area contributed by atoms with Crippen LogP contribution in [0.3, 0.4) is 0 Å². The van der Waals surface area contributed by atoms with Crippen molar-refractivity contribution >= 4 is 40.9 Å². The molecule has 0 bridgehead atoms. The van der Waals surface area contributed by atoms with Gasteiger partial charge in [-0.1, -0.05) is 47.6 Å². The molecule has 0 radical (unpaired) electrons.